The van der Waals surface area contributed by atoms with Gasteiger partial charge in [0.15, 0.2) is 11.1 Å². The number of carbonyl (C=O) groups excluding carboxylic acids is 1. The SMILES string of the molecule is CCc1ccccc1SCc1cn(CCC(C)(CS(=O)O)C(=O)NO)nn1. The zero-order valence-corrected chi connectivity index (χ0v) is 16.9. The van der Waals surface area contributed by atoms with Gasteiger partial charge in [0, 0.05) is 23.4 Å². The molecule has 0 bridgehead atoms. The van der Waals surface area contributed by atoms with E-state index in [0.29, 0.717) is 12.3 Å². The molecule has 10 heteroatoms. The topological polar surface area (TPSA) is 117 Å². The summed E-state index contributed by atoms with van der Waals surface area (Å²) in [5.74, 6) is -0.298. The van der Waals surface area contributed by atoms with Gasteiger partial charge in [0.25, 0.3) is 0 Å². The lowest BCUT2D eigenvalue weighted by Crippen LogP contribution is -2.42. The van der Waals surface area contributed by atoms with Crippen molar-refractivity contribution in [1.82, 2.24) is 20.5 Å². The maximum absolute atomic E-state index is 11.9. The summed E-state index contributed by atoms with van der Waals surface area (Å²) >= 11 is -0.466. The van der Waals surface area contributed by atoms with E-state index >= 15 is 0 Å². The average Bonchev–Trinajstić information content (AvgIpc) is 3.11. The number of nitrogens with zero attached hydrogens (tertiary/aromatic N) is 3. The molecule has 1 amide bonds. The lowest BCUT2D eigenvalue weighted by molar-refractivity contribution is -0.138. The summed E-state index contributed by atoms with van der Waals surface area (Å²) in [5.41, 5.74) is 2.48. The highest BCUT2D eigenvalue weighted by Crippen LogP contribution is 2.26. The molecule has 0 saturated carbocycles. The van der Waals surface area contributed by atoms with E-state index in [2.05, 4.69) is 29.4 Å². The van der Waals surface area contributed by atoms with Crippen LogP contribution in [0.2, 0.25) is 0 Å². The first-order valence-corrected chi connectivity index (χ1v) is 10.8. The van der Waals surface area contributed by atoms with E-state index in [1.165, 1.54) is 17.4 Å². The number of hydrogen-bond donors (Lipinski definition) is 3. The molecule has 2 unspecified atom stereocenters. The van der Waals surface area contributed by atoms with Gasteiger partial charge in [-0.3, -0.25) is 14.7 Å². The number of nitrogens with one attached hydrogen (secondary N) is 1. The summed E-state index contributed by atoms with van der Waals surface area (Å²) in [4.78, 5) is 13.1. The van der Waals surface area contributed by atoms with Gasteiger partial charge in [-0.15, -0.1) is 16.9 Å². The lowest BCUT2D eigenvalue weighted by atomic mass is 9.88. The van der Waals surface area contributed by atoms with Gasteiger partial charge in [-0.2, -0.15) is 0 Å². The number of aromatic nitrogens is 3. The molecule has 2 atom stereocenters. The fraction of sp³-hybridized carbons (Fsp3) is 0.471. The van der Waals surface area contributed by atoms with Crippen LogP contribution >= 0.6 is 11.8 Å². The number of thioether (sulfide) groups is 1. The van der Waals surface area contributed by atoms with E-state index in [1.54, 1.807) is 28.1 Å². The summed E-state index contributed by atoms with van der Waals surface area (Å²) in [6.07, 6.45) is 3.00. The van der Waals surface area contributed by atoms with Crippen molar-refractivity contribution in [1.29, 1.82) is 0 Å². The second-order valence-electron chi connectivity index (χ2n) is 6.44. The predicted molar refractivity (Wildman–Crippen MR) is 104 cm³/mol. The minimum Gasteiger partial charge on any atom is -0.306 e. The molecule has 0 saturated heterocycles. The molecule has 1 aromatic heterocycles. The van der Waals surface area contributed by atoms with Crippen LogP contribution in [0.1, 0.15) is 31.5 Å². The van der Waals surface area contributed by atoms with Crippen LogP contribution in [0.3, 0.4) is 0 Å². The van der Waals surface area contributed by atoms with E-state index in [-0.39, 0.29) is 12.2 Å². The van der Waals surface area contributed by atoms with E-state index < -0.39 is 22.4 Å². The van der Waals surface area contributed by atoms with Crippen molar-refractivity contribution < 1.29 is 18.8 Å². The molecule has 1 aromatic carbocycles. The first-order valence-electron chi connectivity index (χ1n) is 8.49. The molecule has 3 N–H and O–H groups in total. The van der Waals surface area contributed by atoms with Crippen LogP contribution in [-0.2, 0) is 34.6 Å². The molecule has 0 aliphatic carbocycles. The number of hydroxylamine groups is 1. The van der Waals surface area contributed by atoms with Gasteiger partial charge in [-0.05, 0) is 31.4 Å². The van der Waals surface area contributed by atoms with E-state index in [1.807, 2.05) is 12.1 Å². The Labute approximate surface area is 165 Å². The zero-order valence-electron chi connectivity index (χ0n) is 15.3. The third-order valence-electron chi connectivity index (χ3n) is 4.30. The van der Waals surface area contributed by atoms with Crippen molar-refractivity contribution in [3.63, 3.8) is 0 Å². The molecule has 2 rings (SSSR count). The van der Waals surface area contributed by atoms with Crippen LogP contribution < -0.4 is 5.48 Å². The maximum atomic E-state index is 11.9. The number of benzene rings is 1. The highest BCUT2D eigenvalue weighted by molar-refractivity contribution is 7.98. The van der Waals surface area contributed by atoms with Crippen LogP contribution in [0.4, 0.5) is 0 Å². The summed E-state index contributed by atoms with van der Waals surface area (Å²) in [7, 11) is 0. The fourth-order valence-electron chi connectivity index (χ4n) is 2.62. The minimum atomic E-state index is -2.16. The van der Waals surface area contributed by atoms with Crippen molar-refractivity contribution in [3.8, 4) is 0 Å². The maximum Gasteiger partial charge on any atom is 0.250 e. The van der Waals surface area contributed by atoms with Crippen molar-refractivity contribution in [3.05, 3.63) is 41.7 Å². The molecule has 27 heavy (non-hydrogen) atoms. The Morgan fingerprint density at radius 2 is 2.15 bits per heavy atom. The summed E-state index contributed by atoms with van der Waals surface area (Å²) in [6, 6.07) is 8.23. The molecular weight excluding hydrogens is 388 g/mol. The Bertz CT molecular complexity index is 799. The third-order valence-corrected chi connectivity index (χ3v) is 6.33. The minimum absolute atomic E-state index is 0.236. The first-order chi connectivity index (χ1) is 12.9. The van der Waals surface area contributed by atoms with Gasteiger partial charge in [-0.1, -0.05) is 30.3 Å². The quantitative estimate of drug-likeness (QED) is 0.237. The predicted octanol–water partition coefficient (Wildman–Crippen LogP) is 2.26. The lowest BCUT2D eigenvalue weighted by Gasteiger charge is -2.25. The molecule has 0 spiro atoms. The largest absolute Gasteiger partial charge is 0.306 e. The molecule has 0 aliphatic rings. The second-order valence-corrected chi connectivity index (χ2v) is 8.39. The normalized spacial score (nSPS) is 14.5. The van der Waals surface area contributed by atoms with Gasteiger partial charge < -0.3 is 4.55 Å². The van der Waals surface area contributed by atoms with Crippen molar-refractivity contribution in [2.45, 2.75) is 43.9 Å². The van der Waals surface area contributed by atoms with Crippen molar-refractivity contribution in [2.24, 2.45) is 5.41 Å². The van der Waals surface area contributed by atoms with Gasteiger partial charge in [0.2, 0.25) is 5.91 Å². The highest BCUT2D eigenvalue weighted by Gasteiger charge is 2.35. The number of rotatable bonds is 10. The fourth-order valence-corrected chi connectivity index (χ4v) is 4.45. The van der Waals surface area contributed by atoms with Crippen LogP contribution in [-0.4, -0.2) is 40.6 Å². The molecule has 1 heterocycles. The van der Waals surface area contributed by atoms with E-state index in [0.717, 1.165) is 12.1 Å². The zero-order chi connectivity index (χ0) is 19.9. The number of carbonyl (C=O) groups is 1. The smallest absolute Gasteiger partial charge is 0.250 e. The number of hydrogen-bond acceptors (Lipinski definition) is 6. The first kappa shape index (κ1) is 21.5. The highest BCUT2D eigenvalue weighted by atomic mass is 32.2. The van der Waals surface area contributed by atoms with Gasteiger partial charge in [-0.25, -0.2) is 9.69 Å². The third kappa shape index (κ3) is 6.13. The van der Waals surface area contributed by atoms with Crippen LogP contribution in [0, 0.1) is 5.41 Å². The molecule has 0 radical (unpaired) electrons. The van der Waals surface area contributed by atoms with Crippen LogP contribution in [0.5, 0.6) is 0 Å². The summed E-state index contributed by atoms with van der Waals surface area (Å²) < 4.78 is 21.9. The van der Waals surface area contributed by atoms with Gasteiger partial charge >= 0.3 is 0 Å². The van der Waals surface area contributed by atoms with Crippen LogP contribution in [0.25, 0.3) is 0 Å². The number of amides is 1. The average molecular weight is 413 g/mol. The second kappa shape index (κ2) is 9.98. The Balaban J connectivity index is 1.96. The van der Waals surface area contributed by atoms with Crippen molar-refractivity contribution >= 4 is 28.7 Å². The molecule has 0 aliphatic heterocycles. The van der Waals surface area contributed by atoms with Crippen molar-refractivity contribution in [2.75, 3.05) is 5.75 Å². The molecule has 2 aromatic rings. The molecule has 0 fully saturated rings. The molecular formula is C17H24N4O4S2. The molecule has 8 nitrogen and oxygen atoms in total. The van der Waals surface area contributed by atoms with E-state index in [4.69, 9.17) is 9.76 Å². The summed E-state index contributed by atoms with van der Waals surface area (Å²) in [5, 5.41) is 17.1. The summed E-state index contributed by atoms with van der Waals surface area (Å²) in [6.45, 7) is 3.99. The van der Waals surface area contributed by atoms with Gasteiger partial charge in [0.1, 0.15) is 0 Å². The Morgan fingerprint density at radius 3 is 2.81 bits per heavy atom. The monoisotopic (exact) mass is 412 g/mol. The van der Waals surface area contributed by atoms with Crippen LogP contribution in [0.15, 0.2) is 35.4 Å². The van der Waals surface area contributed by atoms with E-state index in [9.17, 15) is 9.00 Å². The number of aryl methyl sites for hydroxylation is 2. The Morgan fingerprint density at radius 1 is 1.41 bits per heavy atom. The van der Waals surface area contributed by atoms with Gasteiger partial charge in [0.05, 0.1) is 16.9 Å². The molecule has 148 valence electrons. The Hall–Kier alpha value is -1.75. The Kier molecular flexibility index (Phi) is 7.96. The standard InChI is InChI=1S/C17H24N4O4S2/c1-3-13-6-4-5-7-15(13)26-11-14-10-21(20-18-14)9-8-17(2,12-27(24)25)16(22)19-23/h4-7,10,23H,3,8-9,11-12H2,1-2H3,(H,19,22)(H,24,25).